The number of imidazole rings is 1. The molecule has 8 heteroatoms. The Hall–Kier alpha value is -0.890. The molecule has 0 bridgehead atoms. The molecule has 2 rings (SSSR count). The normalized spacial score (nSPS) is 12.1. The zero-order valence-corrected chi connectivity index (χ0v) is 14.1. The highest BCUT2D eigenvalue weighted by molar-refractivity contribution is 9.10. The van der Waals surface area contributed by atoms with E-state index in [0.29, 0.717) is 15.3 Å². The second kappa shape index (κ2) is 5.85. The third-order valence-corrected chi connectivity index (χ3v) is 5.90. The molecule has 108 valence electrons. The molecule has 0 radical (unpaired) electrons. The van der Waals surface area contributed by atoms with Crippen LogP contribution < -0.4 is 0 Å². The van der Waals surface area contributed by atoms with Crippen molar-refractivity contribution >= 4 is 37.6 Å². The summed E-state index contributed by atoms with van der Waals surface area (Å²) in [5.41, 5.74) is 0. The number of hydrogen-bond acceptors (Lipinski definition) is 3. The van der Waals surface area contributed by atoms with Crippen molar-refractivity contribution < 1.29 is 8.42 Å². The molecule has 0 saturated heterocycles. The molecule has 0 amide bonds. The number of hydrogen-bond donors (Lipinski definition) is 0. The number of rotatable bonds is 4. The van der Waals surface area contributed by atoms with E-state index >= 15 is 0 Å². The maximum absolute atomic E-state index is 12.5. The molecule has 5 nitrogen and oxygen atoms in total. The summed E-state index contributed by atoms with van der Waals surface area (Å²) >= 11 is 9.11. The topological polar surface area (TPSA) is 55.2 Å². The second-order valence-electron chi connectivity index (χ2n) is 4.29. The van der Waals surface area contributed by atoms with Crippen LogP contribution in [0.3, 0.4) is 0 Å². The van der Waals surface area contributed by atoms with Crippen LogP contribution in [0.25, 0.3) is 0 Å². The maximum atomic E-state index is 12.5. The fraction of sp³-hybridized carbons (Fsp3) is 0.250. The molecule has 0 spiro atoms. The molecular formula is C12H13BrClN3O2S. The number of sulfonamides is 1. The first-order valence-corrected chi connectivity index (χ1v) is 8.31. The minimum absolute atomic E-state index is 0.186. The molecule has 0 aliphatic heterocycles. The lowest BCUT2D eigenvalue weighted by atomic mass is 10.4. The van der Waals surface area contributed by atoms with Crippen LogP contribution in [-0.2, 0) is 23.6 Å². The van der Waals surface area contributed by atoms with Gasteiger partial charge in [0.1, 0.15) is 5.82 Å². The van der Waals surface area contributed by atoms with Gasteiger partial charge in [0.25, 0.3) is 0 Å². The van der Waals surface area contributed by atoms with Crippen LogP contribution in [0.15, 0.2) is 40.0 Å². The van der Waals surface area contributed by atoms with E-state index < -0.39 is 10.0 Å². The molecule has 0 unspecified atom stereocenters. The summed E-state index contributed by atoms with van der Waals surface area (Å²) in [5.74, 6) is 0.670. The molecule has 2 aromatic rings. The number of benzene rings is 1. The van der Waals surface area contributed by atoms with Gasteiger partial charge in [-0.1, -0.05) is 11.6 Å². The molecular weight excluding hydrogens is 366 g/mol. The molecule has 20 heavy (non-hydrogen) atoms. The molecule has 1 aromatic carbocycles. The highest BCUT2D eigenvalue weighted by atomic mass is 79.9. The molecule has 0 N–H and O–H groups in total. The molecule has 1 heterocycles. The number of aromatic nitrogens is 2. The lowest BCUT2D eigenvalue weighted by molar-refractivity contribution is 0.451. The monoisotopic (exact) mass is 377 g/mol. The summed E-state index contributed by atoms with van der Waals surface area (Å²) in [6.45, 7) is 0.200. The Kier molecular flexibility index (Phi) is 4.53. The van der Waals surface area contributed by atoms with Gasteiger partial charge in [-0.05, 0) is 34.1 Å². The van der Waals surface area contributed by atoms with Gasteiger partial charge in [-0.2, -0.15) is 4.31 Å². The summed E-state index contributed by atoms with van der Waals surface area (Å²) in [6.07, 6.45) is 3.41. The molecule has 1 aromatic heterocycles. The van der Waals surface area contributed by atoms with Crippen molar-refractivity contribution in [1.82, 2.24) is 13.9 Å². The van der Waals surface area contributed by atoms with Gasteiger partial charge in [0, 0.05) is 31.0 Å². The number of aryl methyl sites for hydroxylation is 1. The minimum Gasteiger partial charge on any atom is -0.337 e. The first-order chi connectivity index (χ1) is 9.32. The highest BCUT2D eigenvalue weighted by Crippen LogP contribution is 2.26. The summed E-state index contributed by atoms with van der Waals surface area (Å²) in [4.78, 5) is 4.31. The second-order valence-corrected chi connectivity index (χ2v) is 7.60. The minimum atomic E-state index is -3.58. The lowest BCUT2D eigenvalue weighted by Crippen LogP contribution is -2.27. The van der Waals surface area contributed by atoms with Crippen molar-refractivity contribution in [2.45, 2.75) is 11.4 Å². The first kappa shape index (κ1) is 15.5. The predicted octanol–water partition coefficient (Wildman–Crippen LogP) is 2.66. The summed E-state index contributed by atoms with van der Waals surface area (Å²) < 4.78 is 28.5. The van der Waals surface area contributed by atoms with Gasteiger partial charge >= 0.3 is 0 Å². The average Bonchev–Trinajstić information content (AvgIpc) is 2.78. The van der Waals surface area contributed by atoms with Gasteiger partial charge in [-0.25, -0.2) is 13.4 Å². The van der Waals surface area contributed by atoms with E-state index in [-0.39, 0.29) is 11.4 Å². The standard InChI is InChI=1S/C12H13BrClN3O2S/c1-16-6-5-15-12(16)8-17(2)20(18,19)9-3-4-11(14)10(13)7-9/h3-7H,8H2,1-2H3. The summed E-state index contributed by atoms with van der Waals surface area (Å²) in [7, 11) is -0.238. The van der Waals surface area contributed by atoms with Crippen molar-refractivity contribution in [3.05, 3.63) is 45.9 Å². The molecule has 0 aliphatic carbocycles. The van der Waals surface area contributed by atoms with E-state index in [0.717, 1.165) is 0 Å². The SMILES string of the molecule is CN(Cc1nccn1C)S(=O)(=O)c1ccc(Cl)c(Br)c1. The van der Waals surface area contributed by atoms with Gasteiger partial charge in [-0.3, -0.25) is 0 Å². The quantitative estimate of drug-likeness (QED) is 0.822. The summed E-state index contributed by atoms with van der Waals surface area (Å²) in [5, 5.41) is 0.468. The Morgan fingerprint density at radius 1 is 1.45 bits per heavy atom. The van der Waals surface area contributed by atoms with Crippen LogP contribution in [0, 0.1) is 0 Å². The van der Waals surface area contributed by atoms with Crippen LogP contribution in [0.2, 0.25) is 5.02 Å². The lowest BCUT2D eigenvalue weighted by Gasteiger charge is -2.17. The van der Waals surface area contributed by atoms with Crippen molar-refractivity contribution in [1.29, 1.82) is 0 Å². The van der Waals surface area contributed by atoms with Crippen LogP contribution in [0.5, 0.6) is 0 Å². The van der Waals surface area contributed by atoms with Crippen LogP contribution in [0.4, 0.5) is 0 Å². The average molecular weight is 379 g/mol. The van der Waals surface area contributed by atoms with Gasteiger partial charge < -0.3 is 4.57 Å². The Labute approximate surface area is 131 Å². The Balaban J connectivity index is 2.29. The largest absolute Gasteiger partial charge is 0.337 e. The first-order valence-electron chi connectivity index (χ1n) is 5.70. The Morgan fingerprint density at radius 3 is 2.70 bits per heavy atom. The zero-order valence-electron chi connectivity index (χ0n) is 10.9. The van der Waals surface area contributed by atoms with Crippen molar-refractivity contribution in [3.8, 4) is 0 Å². The Morgan fingerprint density at radius 2 is 2.15 bits per heavy atom. The van der Waals surface area contributed by atoms with E-state index in [1.54, 1.807) is 23.0 Å². The molecule has 0 fully saturated rings. The van der Waals surface area contributed by atoms with Gasteiger partial charge in [0.15, 0.2) is 0 Å². The van der Waals surface area contributed by atoms with Crippen molar-refractivity contribution in [2.75, 3.05) is 7.05 Å². The van der Waals surface area contributed by atoms with E-state index in [4.69, 9.17) is 11.6 Å². The third-order valence-electron chi connectivity index (χ3n) is 2.88. The number of nitrogens with zero attached hydrogens (tertiary/aromatic N) is 3. The van der Waals surface area contributed by atoms with E-state index in [9.17, 15) is 8.42 Å². The van der Waals surface area contributed by atoms with Gasteiger partial charge in [0.05, 0.1) is 16.5 Å². The van der Waals surface area contributed by atoms with E-state index in [1.807, 2.05) is 7.05 Å². The predicted molar refractivity (Wildman–Crippen MR) is 81.0 cm³/mol. The molecule has 0 atom stereocenters. The van der Waals surface area contributed by atoms with Crippen LogP contribution in [-0.4, -0.2) is 29.3 Å². The van der Waals surface area contributed by atoms with Crippen molar-refractivity contribution in [3.63, 3.8) is 0 Å². The fourth-order valence-electron chi connectivity index (χ4n) is 1.65. The zero-order chi connectivity index (χ0) is 14.9. The Bertz CT molecular complexity index is 730. The van der Waals surface area contributed by atoms with Gasteiger partial charge in [0.2, 0.25) is 10.0 Å². The fourth-order valence-corrected chi connectivity index (χ4v) is 3.45. The molecule has 0 saturated carbocycles. The smallest absolute Gasteiger partial charge is 0.243 e. The van der Waals surface area contributed by atoms with Gasteiger partial charge in [-0.15, -0.1) is 0 Å². The summed E-state index contributed by atoms with van der Waals surface area (Å²) in [6, 6.07) is 4.52. The van der Waals surface area contributed by atoms with E-state index in [2.05, 4.69) is 20.9 Å². The van der Waals surface area contributed by atoms with Crippen LogP contribution in [0.1, 0.15) is 5.82 Å². The highest BCUT2D eigenvalue weighted by Gasteiger charge is 2.22. The van der Waals surface area contributed by atoms with E-state index in [1.165, 1.54) is 23.5 Å². The molecule has 0 aliphatic rings. The van der Waals surface area contributed by atoms with Crippen molar-refractivity contribution in [2.24, 2.45) is 7.05 Å². The van der Waals surface area contributed by atoms with Crippen LogP contribution >= 0.6 is 27.5 Å². The number of halogens is 2. The maximum Gasteiger partial charge on any atom is 0.243 e. The third kappa shape index (κ3) is 3.06.